The number of rotatable bonds is 6. The zero-order chi connectivity index (χ0) is 20.1. The number of sulfonamides is 1. The van der Waals surface area contributed by atoms with Gasteiger partial charge in [0.2, 0.25) is 15.9 Å². The van der Waals surface area contributed by atoms with Crippen molar-refractivity contribution < 1.29 is 17.9 Å². The molecule has 9 heteroatoms. The minimum atomic E-state index is -3.74. The third-order valence-corrected chi connectivity index (χ3v) is 6.89. The zero-order valence-electron chi connectivity index (χ0n) is 15.5. The van der Waals surface area contributed by atoms with Crippen molar-refractivity contribution >= 4 is 27.5 Å². The average molecular weight is 424 g/mol. The number of halogens is 1. The SMILES string of the molecule is COc1ccc(S(=O)(=O)N2CCC[C@H](C(=O)NCc3ccncc3)C2)cc1Cl. The molecule has 1 saturated heterocycles. The summed E-state index contributed by atoms with van der Waals surface area (Å²) in [5, 5.41) is 3.11. The molecule has 2 aromatic rings. The van der Waals surface area contributed by atoms with Gasteiger partial charge in [-0.3, -0.25) is 9.78 Å². The van der Waals surface area contributed by atoms with Crippen LogP contribution in [0.15, 0.2) is 47.6 Å². The molecule has 3 rings (SSSR count). The van der Waals surface area contributed by atoms with Crippen molar-refractivity contribution in [1.29, 1.82) is 0 Å². The van der Waals surface area contributed by atoms with Gasteiger partial charge >= 0.3 is 0 Å². The molecule has 7 nitrogen and oxygen atoms in total. The number of aromatic nitrogens is 1. The molecule has 0 aliphatic carbocycles. The number of hydrogen-bond donors (Lipinski definition) is 1. The molecule has 1 N–H and O–H groups in total. The van der Waals surface area contributed by atoms with Crippen LogP contribution >= 0.6 is 11.6 Å². The molecule has 1 aliphatic heterocycles. The first-order valence-electron chi connectivity index (χ1n) is 8.92. The van der Waals surface area contributed by atoms with Crippen LogP contribution in [0.2, 0.25) is 5.02 Å². The minimum absolute atomic E-state index is 0.0937. The Morgan fingerprint density at radius 3 is 2.75 bits per heavy atom. The maximum Gasteiger partial charge on any atom is 0.243 e. The molecule has 1 aromatic heterocycles. The molecule has 2 heterocycles. The summed E-state index contributed by atoms with van der Waals surface area (Å²) in [6.07, 6.45) is 4.60. The summed E-state index contributed by atoms with van der Waals surface area (Å²) in [7, 11) is -2.27. The number of ether oxygens (including phenoxy) is 1. The highest BCUT2D eigenvalue weighted by Gasteiger charge is 2.33. The summed E-state index contributed by atoms with van der Waals surface area (Å²) < 4.78 is 32.4. The molecule has 1 amide bonds. The number of benzene rings is 1. The third kappa shape index (κ3) is 4.63. The lowest BCUT2D eigenvalue weighted by Crippen LogP contribution is -2.45. The van der Waals surface area contributed by atoms with Crippen LogP contribution in [0.3, 0.4) is 0 Å². The number of methoxy groups -OCH3 is 1. The molecule has 1 atom stereocenters. The second kappa shape index (κ2) is 8.89. The monoisotopic (exact) mass is 423 g/mol. The van der Waals surface area contributed by atoms with Crippen molar-refractivity contribution in [1.82, 2.24) is 14.6 Å². The van der Waals surface area contributed by atoms with Gasteiger partial charge in [-0.1, -0.05) is 11.6 Å². The van der Waals surface area contributed by atoms with E-state index in [0.717, 1.165) is 5.56 Å². The van der Waals surface area contributed by atoms with E-state index in [1.54, 1.807) is 12.4 Å². The Bertz CT molecular complexity index is 937. The van der Waals surface area contributed by atoms with Gasteiger partial charge < -0.3 is 10.1 Å². The summed E-state index contributed by atoms with van der Waals surface area (Å²) in [6.45, 7) is 0.910. The fourth-order valence-corrected chi connectivity index (χ4v) is 5.04. The average Bonchev–Trinajstić information content (AvgIpc) is 2.72. The Labute approximate surface area is 169 Å². The maximum absolute atomic E-state index is 13.0. The van der Waals surface area contributed by atoms with Gasteiger partial charge in [0.1, 0.15) is 5.75 Å². The number of nitrogens with one attached hydrogen (secondary N) is 1. The van der Waals surface area contributed by atoms with E-state index in [-0.39, 0.29) is 28.3 Å². The van der Waals surface area contributed by atoms with Gasteiger partial charge in [-0.25, -0.2) is 8.42 Å². The number of carbonyl (C=O) groups is 1. The van der Waals surface area contributed by atoms with Crippen LogP contribution in [-0.4, -0.2) is 43.8 Å². The lowest BCUT2D eigenvalue weighted by atomic mass is 9.99. The van der Waals surface area contributed by atoms with Gasteiger partial charge in [-0.2, -0.15) is 4.31 Å². The Hall–Kier alpha value is -2.16. The number of amides is 1. The minimum Gasteiger partial charge on any atom is -0.495 e. The van der Waals surface area contributed by atoms with Crippen molar-refractivity contribution in [3.05, 3.63) is 53.3 Å². The zero-order valence-corrected chi connectivity index (χ0v) is 17.0. The van der Waals surface area contributed by atoms with Crippen molar-refractivity contribution in [3.63, 3.8) is 0 Å². The number of piperidine rings is 1. The molecule has 0 unspecified atom stereocenters. The standard InChI is InChI=1S/C19H22ClN3O4S/c1-27-18-5-4-16(11-17(18)20)28(25,26)23-10-2-3-15(13-23)19(24)22-12-14-6-8-21-9-7-14/h4-9,11,15H,2-3,10,12-13H2,1H3,(H,22,24)/t15-/m0/s1. The highest BCUT2D eigenvalue weighted by molar-refractivity contribution is 7.89. The summed E-state index contributed by atoms with van der Waals surface area (Å²) >= 11 is 6.08. The third-order valence-electron chi connectivity index (χ3n) is 4.73. The first-order chi connectivity index (χ1) is 13.4. The molecule has 0 radical (unpaired) electrons. The first kappa shape index (κ1) is 20.6. The van der Waals surface area contributed by atoms with E-state index in [1.165, 1.54) is 29.6 Å². The van der Waals surface area contributed by atoms with E-state index >= 15 is 0 Å². The topological polar surface area (TPSA) is 88.6 Å². The lowest BCUT2D eigenvalue weighted by Gasteiger charge is -2.31. The van der Waals surface area contributed by atoms with Crippen LogP contribution in [-0.2, 0) is 21.4 Å². The molecular weight excluding hydrogens is 402 g/mol. The Kier molecular flexibility index (Phi) is 6.53. The van der Waals surface area contributed by atoms with Crippen LogP contribution in [0, 0.1) is 5.92 Å². The summed E-state index contributed by atoms with van der Waals surface area (Å²) in [5.41, 5.74) is 0.941. The summed E-state index contributed by atoms with van der Waals surface area (Å²) in [5.74, 6) is -0.129. The predicted octanol–water partition coefficient (Wildman–Crippen LogP) is 2.46. The predicted molar refractivity (Wildman–Crippen MR) is 106 cm³/mol. The summed E-state index contributed by atoms with van der Waals surface area (Å²) in [6, 6.07) is 8.02. The van der Waals surface area contributed by atoms with Gasteiger partial charge in [0, 0.05) is 32.0 Å². The van der Waals surface area contributed by atoms with Crippen LogP contribution in [0.1, 0.15) is 18.4 Å². The summed E-state index contributed by atoms with van der Waals surface area (Å²) in [4.78, 5) is 16.6. The van der Waals surface area contributed by atoms with Gasteiger partial charge in [0.15, 0.2) is 0 Å². The van der Waals surface area contributed by atoms with Gasteiger partial charge in [-0.05, 0) is 48.7 Å². The van der Waals surface area contributed by atoms with Crippen LogP contribution in [0.4, 0.5) is 0 Å². The molecule has 0 saturated carbocycles. The lowest BCUT2D eigenvalue weighted by molar-refractivity contribution is -0.126. The fourth-order valence-electron chi connectivity index (χ4n) is 3.17. The first-order valence-corrected chi connectivity index (χ1v) is 10.7. The van der Waals surface area contributed by atoms with E-state index in [2.05, 4.69) is 10.3 Å². The molecule has 150 valence electrons. The van der Waals surface area contributed by atoms with E-state index in [1.807, 2.05) is 12.1 Å². The van der Waals surface area contributed by atoms with E-state index in [4.69, 9.17) is 16.3 Å². The molecule has 1 fully saturated rings. The van der Waals surface area contributed by atoms with Gasteiger partial charge in [-0.15, -0.1) is 0 Å². The van der Waals surface area contributed by atoms with Crippen molar-refractivity contribution in [2.24, 2.45) is 5.92 Å². The molecule has 1 aliphatic rings. The molecule has 0 bridgehead atoms. The number of pyridine rings is 1. The highest BCUT2D eigenvalue weighted by atomic mass is 35.5. The quantitative estimate of drug-likeness (QED) is 0.770. The molecule has 28 heavy (non-hydrogen) atoms. The molecule has 1 aromatic carbocycles. The molecule has 0 spiro atoms. The van der Waals surface area contributed by atoms with Crippen LogP contribution in [0.25, 0.3) is 0 Å². The number of hydrogen-bond acceptors (Lipinski definition) is 5. The smallest absolute Gasteiger partial charge is 0.243 e. The van der Waals surface area contributed by atoms with Crippen molar-refractivity contribution in [2.75, 3.05) is 20.2 Å². The van der Waals surface area contributed by atoms with E-state index < -0.39 is 10.0 Å². The second-order valence-corrected chi connectivity index (χ2v) is 8.92. The Morgan fingerprint density at radius 2 is 2.07 bits per heavy atom. The number of carbonyl (C=O) groups excluding carboxylic acids is 1. The Morgan fingerprint density at radius 1 is 1.32 bits per heavy atom. The van der Waals surface area contributed by atoms with Crippen molar-refractivity contribution in [3.8, 4) is 5.75 Å². The Balaban J connectivity index is 1.68. The van der Waals surface area contributed by atoms with Gasteiger partial charge in [0.05, 0.1) is 22.9 Å². The van der Waals surface area contributed by atoms with E-state index in [9.17, 15) is 13.2 Å². The van der Waals surface area contributed by atoms with Crippen LogP contribution < -0.4 is 10.1 Å². The van der Waals surface area contributed by atoms with Crippen LogP contribution in [0.5, 0.6) is 5.75 Å². The second-order valence-electron chi connectivity index (χ2n) is 6.57. The maximum atomic E-state index is 13.0. The normalized spacial score (nSPS) is 17.9. The van der Waals surface area contributed by atoms with E-state index in [0.29, 0.717) is 31.7 Å². The molecular formula is C19H22ClN3O4S. The largest absolute Gasteiger partial charge is 0.495 e. The fraction of sp³-hybridized carbons (Fsp3) is 0.368. The number of nitrogens with zero attached hydrogens (tertiary/aromatic N) is 2. The highest BCUT2D eigenvalue weighted by Crippen LogP contribution is 2.30. The van der Waals surface area contributed by atoms with Crippen molar-refractivity contribution in [2.45, 2.75) is 24.3 Å². The van der Waals surface area contributed by atoms with Gasteiger partial charge in [0.25, 0.3) is 0 Å².